The lowest BCUT2D eigenvalue weighted by Gasteiger charge is -2.16. The summed E-state index contributed by atoms with van der Waals surface area (Å²) in [5.41, 5.74) is 0.699. The first kappa shape index (κ1) is 9.77. The molecule has 1 aromatic rings. The van der Waals surface area contributed by atoms with Crippen LogP contribution in [-0.4, -0.2) is 28.3 Å². The van der Waals surface area contributed by atoms with E-state index in [1.807, 2.05) is 6.92 Å². The predicted molar refractivity (Wildman–Crippen MR) is 55.8 cm³/mol. The number of imidazole rings is 1. The van der Waals surface area contributed by atoms with Crippen molar-refractivity contribution >= 4 is 6.34 Å². The van der Waals surface area contributed by atoms with Gasteiger partial charge in [0.05, 0.1) is 24.5 Å². The Labute approximate surface area is 92.3 Å². The van der Waals surface area contributed by atoms with Crippen molar-refractivity contribution in [3.63, 3.8) is 0 Å². The van der Waals surface area contributed by atoms with Crippen LogP contribution in [0.1, 0.15) is 31.0 Å². The molecule has 0 radical (unpaired) electrons. The summed E-state index contributed by atoms with van der Waals surface area (Å²) in [4.78, 5) is 4.20. The number of hydrogen-bond acceptors (Lipinski definition) is 4. The summed E-state index contributed by atoms with van der Waals surface area (Å²) in [6.45, 7) is 2.49. The van der Waals surface area contributed by atoms with Crippen molar-refractivity contribution in [1.82, 2.24) is 15.0 Å². The van der Waals surface area contributed by atoms with Crippen LogP contribution in [0.15, 0.2) is 11.3 Å². The van der Waals surface area contributed by atoms with E-state index in [-0.39, 0.29) is 6.10 Å². The van der Waals surface area contributed by atoms with E-state index in [2.05, 4.69) is 15.4 Å². The Morgan fingerprint density at radius 2 is 2.50 bits per heavy atom. The van der Waals surface area contributed by atoms with Gasteiger partial charge in [-0.1, -0.05) is 0 Å². The molecular weight excluding hydrogens is 211 g/mol. The van der Waals surface area contributed by atoms with Gasteiger partial charge < -0.3 is 10.1 Å². The minimum absolute atomic E-state index is 0.0446. The zero-order chi connectivity index (χ0) is 11.1. The maximum Gasteiger partial charge on any atom is 0.149 e. The van der Waals surface area contributed by atoms with Crippen LogP contribution in [-0.2, 0) is 11.3 Å². The molecule has 0 aliphatic carbocycles. The third-order valence-corrected chi connectivity index (χ3v) is 2.92. The van der Waals surface area contributed by atoms with Gasteiger partial charge in [0.15, 0.2) is 0 Å². The highest BCUT2D eigenvalue weighted by Gasteiger charge is 2.37. The van der Waals surface area contributed by atoms with Gasteiger partial charge in [0.25, 0.3) is 0 Å². The van der Waals surface area contributed by atoms with Crippen molar-refractivity contribution in [3.05, 3.63) is 17.7 Å². The Bertz CT molecular complexity index is 430. The number of nitrogens with zero attached hydrogens (tertiary/aromatic N) is 3. The van der Waals surface area contributed by atoms with E-state index in [1.54, 1.807) is 17.2 Å². The lowest BCUT2D eigenvalue weighted by molar-refractivity contribution is 0.0316. The maximum absolute atomic E-state index is 13.7. The van der Waals surface area contributed by atoms with Gasteiger partial charge in [0.2, 0.25) is 0 Å². The van der Waals surface area contributed by atoms with Gasteiger partial charge in [-0.05, 0) is 6.92 Å². The third-order valence-electron chi connectivity index (χ3n) is 2.92. The van der Waals surface area contributed by atoms with E-state index in [0.717, 1.165) is 5.82 Å². The normalized spacial score (nSPS) is 32.5. The average molecular weight is 224 g/mol. The van der Waals surface area contributed by atoms with Crippen LogP contribution in [0.2, 0.25) is 0 Å². The van der Waals surface area contributed by atoms with Gasteiger partial charge in [-0.25, -0.2) is 14.1 Å². The largest absolute Gasteiger partial charge is 0.367 e. The number of alkyl halides is 1. The monoisotopic (exact) mass is 224 g/mol. The molecule has 0 unspecified atom stereocenters. The summed E-state index contributed by atoms with van der Waals surface area (Å²) in [5, 5.41) is 7.08. The Kier molecular flexibility index (Phi) is 2.17. The first-order chi connectivity index (χ1) is 7.75. The zero-order valence-corrected chi connectivity index (χ0v) is 8.93. The van der Waals surface area contributed by atoms with Crippen molar-refractivity contribution in [3.8, 4) is 0 Å². The van der Waals surface area contributed by atoms with E-state index in [4.69, 9.17) is 4.74 Å². The van der Waals surface area contributed by atoms with Crippen LogP contribution < -0.4 is 5.32 Å². The molecule has 0 bridgehead atoms. The second kappa shape index (κ2) is 3.55. The Morgan fingerprint density at radius 3 is 3.25 bits per heavy atom. The van der Waals surface area contributed by atoms with E-state index in [1.165, 1.54) is 0 Å². The van der Waals surface area contributed by atoms with Crippen molar-refractivity contribution in [1.29, 1.82) is 0 Å². The molecule has 1 N–H and O–H groups in total. The predicted octanol–water partition coefficient (Wildman–Crippen LogP) is 0.966. The topological polar surface area (TPSA) is 51.4 Å². The summed E-state index contributed by atoms with van der Waals surface area (Å²) >= 11 is 0. The molecule has 0 spiro atoms. The molecule has 1 aromatic heterocycles. The van der Waals surface area contributed by atoms with Crippen LogP contribution in [0.3, 0.4) is 0 Å². The Morgan fingerprint density at radius 1 is 1.62 bits per heavy atom. The van der Waals surface area contributed by atoms with Gasteiger partial charge >= 0.3 is 0 Å². The lowest BCUT2D eigenvalue weighted by atomic mass is 10.1. The molecule has 2 aliphatic rings. The standard InChI is InChI=1S/C10H13FN4O/c1-6-2-7(11)10(16-6)8-3-13-9-4-12-5-14-15(8)9/h3,5-7,10H,2,4H2,1H3,(H,12,14)/t6-,7-,10-/m1/s1. The molecule has 0 aromatic carbocycles. The van der Waals surface area contributed by atoms with Crippen LogP contribution in [0, 0.1) is 0 Å². The second-order valence-corrected chi connectivity index (χ2v) is 4.16. The highest BCUT2D eigenvalue weighted by molar-refractivity contribution is 5.55. The zero-order valence-electron chi connectivity index (χ0n) is 8.93. The highest BCUT2D eigenvalue weighted by Crippen LogP contribution is 2.35. The fourth-order valence-electron chi connectivity index (χ4n) is 2.17. The van der Waals surface area contributed by atoms with Crippen LogP contribution >= 0.6 is 0 Å². The highest BCUT2D eigenvalue weighted by atomic mass is 19.1. The average Bonchev–Trinajstić information content (AvgIpc) is 2.81. The van der Waals surface area contributed by atoms with Gasteiger partial charge in [-0.2, -0.15) is 5.10 Å². The molecule has 3 rings (SSSR count). The maximum atomic E-state index is 13.7. The van der Waals surface area contributed by atoms with Crippen molar-refractivity contribution < 1.29 is 9.13 Å². The number of nitrogens with one attached hydrogen (secondary N) is 1. The summed E-state index contributed by atoms with van der Waals surface area (Å²) in [6, 6.07) is 0. The lowest BCUT2D eigenvalue weighted by Crippen LogP contribution is -2.22. The number of hydrogen-bond donors (Lipinski definition) is 1. The SMILES string of the molecule is C[C@@H]1C[C@@H](F)[C@H](c2cnc3n2N=CNC3)O1. The first-order valence-corrected chi connectivity index (χ1v) is 5.38. The van der Waals surface area contributed by atoms with Crippen molar-refractivity contribution in [2.75, 3.05) is 0 Å². The quantitative estimate of drug-likeness (QED) is 0.773. The fraction of sp³-hybridized carbons (Fsp3) is 0.600. The summed E-state index contributed by atoms with van der Waals surface area (Å²) in [7, 11) is 0. The molecule has 3 heterocycles. The van der Waals surface area contributed by atoms with E-state index in [0.29, 0.717) is 18.7 Å². The van der Waals surface area contributed by atoms with Crippen LogP contribution in [0.25, 0.3) is 0 Å². The Balaban J connectivity index is 1.96. The van der Waals surface area contributed by atoms with E-state index < -0.39 is 12.3 Å². The van der Waals surface area contributed by atoms with Crippen LogP contribution in [0.4, 0.5) is 4.39 Å². The van der Waals surface area contributed by atoms with E-state index in [9.17, 15) is 4.39 Å². The molecule has 16 heavy (non-hydrogen) atoms. The molecule has 86 valence electrons. The van der Waals surface area contributed by atoms with Gasteiger partial charge in [0, 0.05) is 6.42 Å². The summed E-state index contributed by atoms with van der Waals surface area (Å²) in [5.74, 6) is 0.785. The minimum Gasteiger partial charge on any atom is -0.367 e. The van der Waals surface area contributed by atoms with Gasteiger partial charge in [-0.3, -0.25) is 0 Å². The number of aromatic nitrogens is 2. The first-order valence-electron chi connectivity index (χ1n) is 5.38. The minimum atomic E-state index is -0.971. The van der Waals surface area contributed by atoms with Crippen molar-refractivity contribution in [2.45, 2.75) is 38.3 Å². The van der Waals surface area contributed by atoms with Crippen molar-refractivity contribution in [2.24, 2.45) is 5.10 Å². The number of halogens is 1. The number of fused-ring (bicyclic) bond motifs is 1. The Hall–Kier alpha value is -1.43. The molecular formula is C10H13FN4O. The molecule has 6 heteroatoms. The van der Waals surface area contributed by atoms with Gasteiger partial charge in [-0.15, -0.1) is 0 Å². The van der Waals surface area contributed by atoms with Crippen LogP contribution in [0.5, 0.6) is 0 Å². The summed E-state index contributed by atoms with van der Waals surface area (Å²) < 4.78 is 21.0. The molecule has 3 atom stereocenters. The smallest absolute Gasteiger partial charge is 0.149 e. The molecule has 1 saturated heterocycles. The summed E-state index contributed by atoms with van der Waals surface area (Å²) in [6.07, 6.45) is 2.12. The molecule has 0 saturated carbocycles. The number of ether oxygens (including phenoxy) is 1. The molecule has 5 nitrogen and oxygen atoms in total. The second-order valence-electron chi connectivity index (χ2n) is 4.16. The van der Waals surface area contributed by atoms with Gasteiger partial charge in [0.1, 0.15) is 24.4 Å². The fourth-order valence-corrected chi connectivity index (χ4v) is 2.17. The molecule has 2 aliphatic heterocycles. The molecule has 0 amide bonds. The molecule has 1 fully saturated rings. The third kappa shape index (κ3) is 1.41. The van der Waals surface area contributed by atoms with E-state index >= 15 is 0 Å². The number of rotatable bonds is 1.